The predicted molar refractivity (Wildman–Crippen MR) is 51.2 cm³/mol. The van der Waals surface area contributed by atoms with Crippen molar-refractivity contribution in [1.29, 1.82) is 0 Å². The molecule has 0 spiro atoms. The highest BCUT2D eigenvalue weighted by atomic mass is 19.2. The van der Waals surface area contributed by atoms with Crippen molar-refractivity contribution in [3.05, 3.63) is 59.7 Å². The molecule has 0 N–H and O–H groups in total. The van der Waals surface area contributed by atoms with E-state index in [4.69, 9.17) is 0 Å². The molecule has 2 heterocycles. The van der Waals surface area contributed by atoms with Gasteiger partial charge in [0.1, 0.15) is 0 Å². The maximum Gasteiger partial charge on any atom is 0.249 e. The lowest BCUT2D eigenvalue weighted by atomic mass is 10.1. The molecule has 0 saturated heterocycles. The molecule has 0 aliphatic heterocycles. The Kier molecular flexibility index (Phi) is 2.67. The van der Waals surface area contributed by atoms with Crippen LogP contribution in [0, 0.1) is 11.8 Å². The lowest BCUT2D eigenvalue weighted by Gasteiger charge is -2.02. The van der Waals surface area contributed by atoms with Gasteiger partial charge in [-0.3, -0.25) is 4.98 Å². The molecular formula is C11H8F2N2. The fourth-order valence-corrected chi connectivity index (χ4v) is 1.29. The van der Waals surface area contributed by atoms with Gasteiger partial charge in [-0.15, -0.1) is 0 Å². The highest BCUT2D eigenvalue weighted by Crippen LogP contribution is 2.12. The summed E-state index contributed by atoms with van der Waals surface area (Å²) < 4.78 is 26.0. The summed E-state index contributed by atoms with van der Waals surface area (Å²) in [7, 11) is 0. The highest BCUT2D eigenvalue weighted by molar-refractivity contribution is 5.21. The Morgan fingerprint density at radius 2 is 1.87 bits per heavy atom. The zero-order valence-corrected chi connectivity index (χ0v) is 7.82. The van der Waals surface area contributed by atoms with E-state index in [-0.39, 0.29) is 12.0 Å². The molecule has 0 saturated carbocycles. The lowest BCUT2D eigenvalue weighted by molar-refractivity contribution is 0.472. The van der Waals surface area contributed by atoms with Crippen LogP contribution in [0.1, 0.15) is 11.3 Å². The van der Waals surface area contributed by atoms with Crippen LogP contribution in [0.15, 0.2) is 36.7 Å². The van der Waals surface area contributed by atoms with Crippen molar-refractivity contribution in [3.63, 3.8) is 0 Å². The summed E-state index contributed by atoms with van der Waals surface area (Å²) in [6.07, 6.45) is 3.13. The first-order valence-corrected chi connectivity index (χ1v) is 4.46. The van der Waals surface area contributed by atoms with E-state index in [1.165, 1.54) is 12.3 Å². The van der Waals surface area contributed by atoms with E-state index in [1.54, 1.807) is 24.4 Å². The van der Waals surface area contributed by atoms with Crippen molar-refractivity contribution in [1.82, 2.24) is 9.97 Å². The highest BCUT2D eigenvalue weighted by Gasteiger charge is 2.09. The first-order valence-electron chi connectivity index (χ1n) is 4.46. The molecule has 76 valence electrons. The summed E-state index contributed by atoms with van der Waals surface area (Å²) in [6.45, 7) is 0. The summed E-state index contributed by atoms with van der Waals surface area (Å²) in [5.74, 6) is -1.97. The van der Waals surface area contributed by atoms with Gasteiger partial charge in [-0.05, 0) is 18.2 Å². The zero-order valence-electron chi connectivity index (χ0n) is 7.82. The third-order valence-corrected chi connectivity index (χ3v) is 2.02. The van der Waals surface area contributed by atoms with Crippen molar-refractivity contribution in [2.45, 2.75) is 6.42 Å². The number of aromatic nitrogens is 2. The second-order valence-corrected chi connectivity index (χ2v) is 3.07. The van der Waals surface area contributed by atoms with Crippen molar-refractivity contribution < 1.29 is 8.78 Å². The molecule has 0 fully saturated rings. The average Bonchev–Trinajstić information content (AvgIpc) is 2.26. The summed E-state index contributed by atoms with van der Waals surface area (Å²) in [5.41, 5.74) is 0.961. The van der Waals surface area contributed by atoms with Crippen LogP contribution in [0.2, 0.25) is 0 Å². The minimum absolute atomic E-state index is 0.265. The number of halogens is 2. The van der Waals surface area contributed by atoms with Crippen LogP contribution in [-0.4, -0.2) is 9.97 Å². The monoisotopic (exact) mass is 206 g/mol. The van der Waals surface area contributed by atoms with Gasteiger partial charge in [0, 0.05) is 30.1 Å². The Bertz CT molecular complexity index is 457. The molecule has 2 aromatic heterocycles. The van der Waals surface area contributed by atoms with E-state index in [0.29, 0.717) is 5.69 Å². The summed E-state index contributed by atoms with van der Waals surface area (Å²) in [4.78, 5) is 7.25. The molecule has 4 heteroatoms. The molecule has 0 unspecified atom stereocenters. The molecule has 2 nitrogen and oxygen atoms in total. The first kappa shape index (κ1) is 9.71. The van der Waals surface area contributed by atoms with Crippen LogP contribution in [0.5, 0.6) is 0 Å². The maximum absolute atomic E-state index is 13.2. The van der Waals surface area contributed by atoms with Crippen LogP contribution in [0.3, 0.4) is 0 Å². The number of rotatable bonds is 2. The van der Waals surface area contributed by atoms with Crippen LogP contribution < -0.4 is 0 Å². The van der Waals surface area contributed by atoms with Gasteiger partial charge in [0.2, 0.25) is 5.95 Å². The Morgan fingerprint density at radius 1 is 1.00 bits per heavy atom. The van der Waals surface area contributed by atoms with Crippen LogP contribution in [-0.2, 0) is 6.42 Å². The normalized spacial score (nSPS) is 10.3. The van der Waals surface area contributed by atoms with Crippen molar-refractivity contribution >= 4 is 0 Å². The van der Waals surface area contributed by atoms with Gasteiger partial charge < -0.3 is 0 Å². The van der Waals surface area contributed by atoms with Gasteiger partial charge in [0.25, 0.3) is 0 Å². The second-order valence-electron chi connectivity index (χ2n) is 3.07. The largest absolute Gasteiger partial charge is 0.261 e. The minimum atomic E-state index is -1.07. The minimum Gasteiger partial charge on any atom is -0.261 e. The van der Waals surface area contributed by atoms with Gasteiger partial charge in [-0.25, -0.2) is 9.37 Å². The van der Waals surface area contributed by atoms with E-state index in [0.717, 1.165) is 0 Å². The molecule has 2 aromatic rings. The topological polar surface area (TPSA) is 25.8 Å². The van der Waals surface area contributed by atoms with E-state index < -0.39 is 11.8 Å². The van der Waals surface area contributed by atoms with Crippen molar-refractivity contribution in [2.75, 3.05) is 0 Å². The van der Waals surface area contributed by atoms with Crippen LogP contribution in [0.25, 0.3) is 0 Å². The zero-order chi connectivity index (χ0) is 10.7. The molecule has 2 rings (SSSR count). The molecule has 0 aliphatic carbocycles. The fraction of sp³-hybridized carbons (Fsp3) is 0.0909. The SMILES string of the molecule is Fc1nccc(Cc2ccccn2)c1F. The van der Waals surface area contributed by atoms with Gasteiger partial charge in [-0.1, -0.05) is 6.07 Å². The standard InChI is InChI=1S/C11H8F2N2/c12-10-8(4-6-15-11(10)13)7-9-3-1-2-5-14-9/h1-6H,7H2. The molecule has 0 bridgehead atoms. The Hall–Kier alpha value is -1.84. The smallest absolute Gasteiger partial charge is 0.249 e. The van der Waals surface area contributed by atoms with Gasteiger partial charge in [0.05, 0.1) is 0 Å². The summed E-state index contributed by atoms with van der Waals surface area (Å²) in [5, 5.41) is 0. The quantitative estimate of drug-likeness (QED) is 0.705. The second kappa shape index (κ2) is 4.13. The number of nitrogens with zero attached hydrogens (tertiary/aromatic N) is 2. The van der Waals surface area contributed by atoms with E-state index in [1.807, 2.05) is 0 Å². The number of pyridine rings is 2. The molecular weight excluding hydrogens is 198 g/mol. The van der Waals surface area contributed by atoms with Crippen molar-refractivity contribution in [2.24, 2.45) is 0 Å². The number of hydrogen-bond acceptors (Lipinski definition) is 2. The fourth-order valence-electron chi connectivity index (χ4n) is 1.29. The molecule has 0 radical (unpaired) electrons. The van der Waals surface area contributed by atoms with Crippen molar-refractivity contribution in [3.8, 4) is 0 Å². The van der Waals surface area contributed by atoms with Gasteiger partial charge in [0.15, 0.2) is 5.82 Å². The number of hydrogen-bond donors (Lipinski definition) is 0. The molecule has 0 aliphatic rings. The van der Waals surface area contributed by atoms with Gasteiger partial charge >= 0.3 is 0 Å². The molecule has 0 atom stereocenters. The predicted octanol–water partition coefficient (Wildman–Crippen LogP) is 2.35. The third-order valence-electron chi connectivity index (χ3n) is 2.02. The lowest BCUT2D eigenvalue weighted by Crippen LogP contribution is -1.99. The van der Waals surface area contributed by atoms with Crippen LogP contribution in [0.4, 0.5) is 8.78 Å². The van der Waals surface area contributed by atoms with E-state index >= 15 is 0 Å². The molecule has 0 aromatic carbocycles. The Labute approximate surface area is 85.6 Å². The molecule has 15 heavy (non-hydrogen) atoms. The maximum atomic E-state index is 13.2. The van der Waals surface area contributed by atoms with Crippen LogP contribution >= 0.6 is 0 Å². The Morgan fingerprint density at radius 3 is 2.60 bits per heavy atom. The first-order chi connectivity index (χ1) is 7.27. The van der Waals surface area contributed by atoms with E-state index in [9.17, 15) is 8.78 Å². The van der Waals surface area contributed by atoms with Gasteiger partial charge in [-0.2, -0.15) is 4.39 Å². The Balaban J connectivity index is 2.29. The molecule has 0 amide bonds. The third kappa shape index (κ3) is 2.15. The van der Waals surface area contributed by atoms with E-state index in [2.05, 4.69) is 9.97 Å². The summed E-state index contributed by atoms with van der Waals surface area (Å²) in [6, 6.07) is 6.79. The summed E-state index contributed by atoms with van der Waals surface area (Å²) >= 11 is 0. The average molecular weight is 206 g/mol.